The molecule has 6 rings (SSSR count). The number of rotatable bonds is 5. The average Bonchev–Trinajstić information content (AvgIpc) is 3.71. The Kier molecular flexibility index (Phi) is 6.71. The summed E-state index contributed by atoms with van der Waals surface area (Å²) in [6.45, 7) is 12.3. The fraction of sp³-hybridized carbons (Fsp3) is 0.441. The highest BCUT2D eigenvalue weighted by Crippen LogP contribution is 2.44. The van der Waals surface area contributed by atoms with Gasteiger partial charge in [0.2, 0.25) is 0 Å². The van der Waals surface area contributed by atoms with Gasteiger partial charge in [-0.1, -0.05) is 20.8 Å². The molecule has 2 N–H and O–H groups in total. The summed E-state index contributed by atoms with van der Waals surface area (Å²) in [6, 6.07) is 5.94. The topological polar surface area (TPSA) is 118 Å². The van der Waals surface area contributed by atoms with Gasteiger partial charge >= 0.3 is 5.97 Å². The summed E-state index contributed by atoms with van der Waals surface area (Å²) in [6.07, 6.45) is 2.53. The number of Topliss-reactive ketones (excluding diaryl/α,β-unsaturated/α-hetero) is 2. The molecule has 0 saturated carbocycles. The van der Waals surface area contributed by atoms with Crippen molar-refractivity contribution in [2.24, 2.45) is 0 Å². The number of esters is 1. The Morgan fingerprint density at radius 3 is 2.48 bits per heavy atom. The summed E-state index contributed by atoms with van der Waals surface area (Å²) in [5.41, 5.74) is 10.2. The van der Waals surface area contributed by atoms with E-state index in [2.05, 4.69) is 36.8 Å². The van der Waals surface area contributed by atoms with Crippen molar-refractivity contribution in [1.29, 1.82) is 0 Å². The van der Waals surface area contributed by atoms with Crippen LogP contribution in [0.25, 0.3) is 22.1 Å². The van der Waals surface area contributed by atoms with Gasteiger partial charge in [0, 0.05) is 58.0 Å². The van der Waals surface area contributed by atoms with E-state index in [0.717, 1.165) is 56.7 Å². The molecule has 0 radical (unpaired) electrons. The van der Waals surface area contributed by atoms with Crippen LogP contribution in [-0.4, -0.2) is 44.6 Å². The number of aromatic amines is 2. The third-order valence-corrected chi connectivity index (χ3v) is 9.98. The van der Waals surface area contributed by atoms with Gasteiger partial charge in [-0.2, -0.15) is 0 Å². The zero-order valence-corrected chi connectivity index (χ0v) is 25.4. The van der Waals surface area contributed by atoms with Gasteiger partial charge in [0.1, 0.15) is 5.69 Å². The van der Waals surface area contributed by atoms with E-state index in [1.54, 1.807) is 6.07 Å². The van der Waals surface area contributed by atoms with Crippen molar-refractivity contribution < 1.29 is 19.1 Å². The maximum Gasteiger partial charge on any atom is 0.305 e. The number of hydrogen-bond donors (Lipinski definition) is 2. The molecule has 2 aliphatic heterocycles. The third kappa shape index (κ3) is 4.06. The Hall–Kier alpha value is -4.07. The molecule has 1 unspecified atom stereocenters. The van der Waals surface area contributed by atoms with E-state index in [-0.39, 0.29) is 42.2 Å². The first kappa shape index (κ1) is 28.1. The van der Waals surface area contributed by atoms with Crippen LogP contribution in [0.1, 0.15) is 119 Å². The Balaban J connectivity index is 1.74. The lowest BCUT2D eigenvalue weighted by Gasteiger charge is -2.19. The Labute approximate surface area is 245 Å². The molecule has 5 heterocycles. The van der Waals surface area contributed by atoms with Crippen LogP contribution in [0.3, 0.4) is 0 Å². The van der Waals surface area contributed by atoms with Crippen LogP contribution in [0.15, 0.2) is 18.2 Å². The molecule has 3 aromatic heterocycles. The second-order valence-electron chi connectivity index (χ2n) is 12.2. The van der Waals surface area contributed by atoms with Crippen molar-refractivity contribution in [2.75, 3.05) is 7.11 Å². The van der Waals surface area contributed by atoms with Crippen molar-refractivity contribution in [3.63, 3.8) is 0 Å². The Bertz CT molecular complexity index is 1850. The van der Waals surface area contributed by atoms with Crippen LogP contribution < -0.4 is 0 Å². The number of nitrogens with zero attached hydrogens (tertiary/aromatic N) is 2. The van der Waals surface area contributed by atoms with Gasteiger partial charge in [-0.25, -0.2) is 4.98 Å². The van der Waals surface area contributed by atoms with E-state index in [9.17, 15) is 14.4 Å². The summed E-state index contributed by atoms with van der Waals surface area (Å²) in [7, 11) is 1.40. The fourth-order valence-electron chi connectivity index (χ4n) is 7.03. The number of carbonyl (C=O) groups is 3. The van der Waals surface area contributed by atoms with Crippen molar-refractivity contribution in [2.45, 2.75) is 90.9 Å². The number of aryl methyl sites for hydroxylation is 3. The van der Waals surface area contributed by atoms with Gasteiger partial charge in [-0.15, -0.1) is 0 Å². The molecule has 0 aromatic carbocycles. The molecule has 218 valence electrons. The average molecular weight is 567 g/mol. The second kappa shape index (κ2) is 10.0. The number of ketones is 2. The van der Waals surface area contributed by atoms with Crippen LogP contribution in [0.4, 0.5) is 0 Å². The minimum absolute atomic E-state index is 0.0194. The zero-order valence-electron chi connectivity index (χ0n) is 25.4. The van der Waals surface area contributed by atoms with Gasteiger partial charge < -0.3 is 14.7 Å². The number of nitrogens with one attached hydrogen (secondary N) is 2. The largest absolute Gasteiger partial charge is 0.469 e. The highest BCUT2D eigenvalue weighted by molar-refractivity contribution is 6.13. The molecule has 8 nitrogen and oxygen atoms in total. The number of fused-ring (bicyclic) bond motifs is 8. The zero-order chi connectivity index (χ0) is 30.1. The van der Waals surface area contributed by atoms with Crippen LogP contribution in [-0.2, 0) is 27.8 Å². The molecule has 3 atom stereocenters. The highest BCUT2D eigenvalue weighted by atomic mass is 16.5. The normalized spacial score (nSPS) is 21.3. The molecule has 0 saturated heterocycles. The molecule has 1 aliphatic carbocycles. The van der Waals surface area contributed by atoms with Gasteiger partial charge in [-0.05, 0) is 74.9 Å². The summed E-state index contributed by atoms with van der Waals surface area (Å²) in [5.74, 6) is -0.265. The summed E-state index contributed by atoms with van der Waals surface area (Å²) in [4.78, 5) is 56.6. The summed E-state index contributed by atoms with van der Waals surface area (Å²) in [5, 5.41) is 0. The number of carbonyl (C=O) groups excluding carboxylic acids is 3. The van der Waals surface area contributed by atoms with Gasteiger partial charge in [0.15, 0.2) is 11.6 Å². The molecule has 42 heavy (non-hydrogen) atoms. The molecule has 3 aliphatic rings. The van der Waals surface area contributed by atoms with Crippen molar-refractivity contribution >= 4 is 39.6 Å². The van der Waals surface area contributed by atoms with E-state index >= 15 is 0 Å². The molecule has 0 spiro atoms. The quantitative estimate of drug-likeness (QED) is 0.335. The van der Waals surface area contributed by atoms with Gasteiger partial charge in [0.05, 0.1) is 29.4 Å². The van der Waals surface area contributed by atoms with Crippen molar-refractivity contribution in [3.05, 3.63) is 68.8 Å². The summed E-state index contributed by atoms with van der Waals surface area (Å²) >= 11 is 0. The number of aromatic nitrogens is 4. The molecule has 8 bridgehead atoms. The van der Waals surface area contributed by atoms with E-state index in [0.29, 0.717) is 29.6 Å². The smallest absolute Gasteiger partial charge is 0.305 e. The number of hydrogen-bond acceptors (Lipinski definition) is 6. The first-order valence-corrected chi connectivity index (χ1v) is 14.9. The monoisotopic (exact) mass is 566 g/mol. The van der Waals surface area contributed by atoms with Crippen molar-refractivity contribution in [3.8, 4) is 0 Å². The van der Waals surface area contributed by atoms with Gasteiger partial charge in [-0.3, -0.25) is 19.4 Å². The standard InChI is InChI=1S/C34H38N4O4/c1-8-19-16(3)22-13-23-17(4)20(10-11-29(40)42-7)31(37-23)21-12-27(39)30-18(5)24(38-32(21)30)14-26-33(41)34(6,9-2)28(36-26)15-25(19)35-22/h13-15,17,20,35,38H,8-12H2,1-7H3/t17-,20-,34?/m0/s1. The van der Waals surface area contributed by atoms with Crippen molar-refractivity contribution in [1.82, 2.24) is 19.9 Å². The minimum atomic E-state index is -0.746. The molecule has 8 heteroatoms. The lowest BCUT2D eigenvalue weighted by Crippen LogP contribution is -2.27. The number of H-pyrrole nitrogens is 2. The minimum Gasteiger partial charge on any atom is -0.469 e. The molecule has 3 aromatic rings. The molecule has 0 fully saturated rings. The lowest BCUT2D eigenvalue weighted by molar-refractivity contribution is -0.140. The first-order chi connectivity index (χ1) is 20.0. The SMILES string of the molecule is CCc1c(C)c2cc3nc(c4c5[nH]c(cc6nc(cc1[nH]2)C(C)(CC)C6=O)c(C)c5C(=O)C4)[C@@H](CCC(=O)OC)[C@@H]3C. The first-order valence-electron chi connectivity index (χ1n) is 14.9. The van der Waals surface area contributed by atoms with E-state index in [1.807, 2.05) is 26.8 Å². The van der Waals surface area contributed by atoms with E-state index < -0.39 is 5.41 Å². The predicted octanol–water partition coefficient (Wildman–Crippen LogP) is 6.62. The van der Waals surface area contributed by atoms with Crippen LogP contribution in [0, 0.1) is 13.8 Å². The summed E-state index contributed by atoms with van der Waals surface area (Å²) < 4.78 is 4.95. The predicted molar refractivity (Wildman–Crippen MR) is 162 cm³/mol. The fourth-order valence-corrected chi connectivity index (χ4v) is 7.03. The lowest BCUT2D eigenvalue weighted by atomic mass is 9.80. The Morgan fingerprint density at radius 2 is 1.79 bits per heavy atom. The third-order valence-electron chi connectivity index (χ3n) is 9.98. The maximum absolute atomic E-state index is 13.8. The Morgan fingerprint density at radius 1 is 1.05 bits per heavy atom. The second-order valence-corrected chi connectivity index (χ2v) is 12.2. The number of methoxy groups -OCH3 is 1. The van der Waals surface area contributed by atoms with E-state index in [4.69, 9.17) is 14.7 Å². The molecular formula is C34H38N4O4. The van der Waals surface area contributed by atoms with Crippen LogP contribution in [0.5, 0.6) is 0 Å². The number of ether oxygens (including phenoxy) is 1. The van der Waals surface area contributed by atoms with Gasteiger partial charge in [0.25, 0.3) is 0 Å². The maximum atomic E-state index is 13.8. The highest BCUT2D eigenvalue weighted by Gasteiger charge is 2.41. The van der Waals surface area contributed by atoms with Crippen LogP contribution in [0.2, 0.25) is 0 Å². The molecular weight excluding hydrogens is 528 g/mol. The molecule has 0 amide bonds. The van der Waals surface area contributed by atoms with E-state index in [1.165, 1.54) is 12.7 Å². The van der Waals surface area contributed by atoms with Crippen LogP contribution >= 0.6 is 0 Å².